The van der Waals surface area contributed by atoms with Crippen molar-refractivity contribution in [2.45, 2.75) is 23.4 Å². The number of alkyl halides is 3. The molecular formula is C10H12F3N3O2S2. The number of carbonyl (C=O) groups is 1. The molecule has 2 rings (SSSR count). The Morgan fingerprint density at radius 2 is 2.20 bits per heavy atom. The molecule has 0 unspecified atom stereocenters. The molecule has 1 N–H and O–H groups in total. The van der Waals surface area contributed by atoms with E-state index in [9.17, 15) is 18.0 Å². The third kappa shape index (κ3) is 3.98. The fourth-order valence-corrected chi connectivity index (χ4v) is 3.52. The molecule has 1 saturated carbocycles. The SMILES string of the molecule is COC(=O)C1(CSc2nnc(NCC(F)(F)F)s2)CC1. The normalized spacial score (nSPS) is 16.8. The van der Waals surface area contributed by atoms with E-state index in [1.807, 2.05) is 0 Å². The summed E-state index contributed by atoms with van der Waals surface area (Å²) in [5.74, 6) is 0.262. The molecule has 0 aromatic carbocycles. The molecule has 1 aromatic heterocycles. The Kier molecular flexibility index (Phi) is 4.43. The molecule has 20 heavy (non-hydrogen) atoms. The van der Waals surface area contributed by atoms with Crippen molar-refractivity contribution in [2.24, 2.45) is 5.41 Å². The van der Waals surface area contributed by atoms with Crippen LogP contribution in [-0.4, -0.2) is 41.8 Å². The lowest BCUT2D eigenvalue weighted by molar-refractivity contribution is -0.146. The summed E-state index contributed by atoms with van der Waals surface area (Å²) in [7, 11) is 1.34. The van der Waals surface area contributed by atoms with Crippen molar-refractivity contribution in [3.8, 4) is 0 Å². The van der Waals surface area contributed by atoms with E-state index in [1.54, 1.807) is 0 Å². The number of hydrogen-bond acceptors (Lipinski definition) is 7. The van der Waals surface area contributed by atoms with Crippen molar-refractivity contribution >= 4 is 34.2 Å². The minimum Gasteiger partial charge on any atom is -0.469 e. The van der Waals surface area contributed by atoms with E-state index in [2.05, 4.69) is 15.5 Å². The Morgan fingerprint density at radius 3 is 2.75 bits per heavy atom. The Labute approximate surface area is 121 Å². The number of anilines is 1. The lowest BCUT2D eigenvalue weighted by Gasteiger charge is -2.09. The highest BCUT2D eigenvalue weighted by atomic mass is 32.2. The summed E-state index contributed by atoms with van der Waals surface area (Å²) in [4.78, 5) is 11.5. The van der Waals surface area contributed by atoms with E-state index in [1.165, 1.54) is 18.9 Å². The molecular weight excluding hydrogens is 315 g/mol. The molecule has 1 aliphatic rings. The highest BCUT2D eigenvalue weighted by molar-refractivity contribution is 8.01. The van der Waals surface area contributed by atoms with Crippen LogP contribution in [0.25, 0.3) is 0 Å². The number of esters is 1. The summed E-state index contributed by atoms with van der Waals surface area (Å²) in [6.45, 7) is -1.14. The van der Waals surface area contributed by atoms with Gasteiger partial charge in [-0.25, -0.2) is 0 Å². The Bertz CT molecular complexity index is 488. The van der Waals surface area contributed by atoms with Crippen LogP contribution in [-0.2, 0) is 9.53 Å². The lowest BCUT2D eigenvalue weighted by Crippen LogP contribution is -2.21. The van der Waals surface area contributed by atoms with E-state index in [0.29, 0.717) is 10.1 Å². The standard InChI is InChI=1S/C10H12F3N3O2S2/c1-18-6(17)9(2-3-9)5-19-8-16-15-7(20-8)14-4-10(11,12)13/h2-5H2,1H3,(H,14,15). The van der Waals surface area contributed by atoms with Crippen molar-refractivity contribution < 1.29 is 22.7 Å². The van der Waals surface area contributed by atoms with Crippen LogP contribution in [0.2, 0.25) is 0 Å². The summed E-state index contributed by atoms with van der Waals surface area (Å²) in [6.07, 6.45) is -2.75. The van der Waals surface area contributed by atoms with Crippen molar-refractivity contribution in [1.29, 1.82) is 0 Å². The average molecular weight is 327 g/mol. The van der Waals surface area contributed by atoms with Crippen molar-refractivity contribution in [1.82, 2.24) is 10.2 Å². The lowest BCUT2D eigenvalue weighted by atomic mass is 10.1. The predicted octanol–water partition coefficient (Wildman–Crippen LogP) is 2.56. The number of halogens is 3. The van der Waals surface area contributed by atoms with Crippen LogP contribution in [0, 0.1) is 5.41 Å². The van der Waals surface area contributed by atoms with Crippen molar-refractivity contribution in [3.63, 3.8) is 0 Å². The van der Waals surface area contributed by atoms with Crippen molar-refractivity contribution in [2.75, 3.05) is 24.7 Å². The molecule has 0 saturated heterocycles. The topological polar surface area (TPSA) is 64.1 Å². The number of rotatable bonds is 6. The van der Waals surface area contributed by atoms with Crippen LogP contribution in [0.1, 0.15) is 12.8 Å². The fourth-order valence-electron chi connectivity index (χ4n) is 1.49. The van der Waals surface area contributed by atoms with E-state index < -0.39 is 18.1 Å². The van der Waals surface area contributed by atoms with E-state index in [0.717, 1.165) is 24.2 Å². The first-order valence-corrected chi connectivity index (χ1v) is 7.50. The van der Waals surface area contributed by atoms with Gasteiger partial charge in [0.2, 0.25) is 5.13 Å². The van der Waals surface area contributed by atoms with E-state index in [-0.39, 0.29) is 11.1 Å². The van der Waals surface area contributed by atoms with Gasteiger partial charge in [-0.05, 0) is 12.8 Å². The Hall–Kier alpha value is -1.03. The minimum atomic E-state index is -4.29. The molecule has 0 amide bonds. The second kappa shape index (κ2) is 5.76. The summed E-state index contributed by atoms with van der Waals surface area (Å²) in [5.41, 5.74) is -0.454. The summed E-state index contributed by atoms with van der Waals surface area (Å²) >= 11 is 2.35. The van der Waals surface area contributed by atoms with Gasteiger partial charge in [0, 0.05) is 5.75 Å². The predicted molar refractivity (Wildman–Crippen MR) is 68.9 cm³/mol. The van der Waals surface area contributed by atoms with Crippen LogP contribution < -0.4 is 5.32 Å². The third-order valence-corrected chi connectivity index (χ3v) is 5.10. The van der Waals surface area contributed by atoms with Gasteiger partial charge in [-0.2, -0.15) is 13.2 Å². The highest BCUT2D eigenvalue weighted by Crippen LogP contribution is 2.50. The van der Waals surface area contributed by atoms with Gasteiger partial charge in [-0.15, -0.1) is 10.2 Å². The summed E-state index contributed by atoms with van der Waals surface area (Å²) in [5, 5.41) is 9.69. The fraction of sp³-hybridized carbons (Fsp3) is 0.700. The summed E-state index contributed by atoms with van der Waals surface area (Å²) < 4.78 is 41.3. The molecule has 10 heteroatoms. The van der Waals surface area contributed by atoms with Gasteiger partial charge < -0.3 is 10.1 Å². The molecule has 1 aliphatic carbocycles. The molecule has 0 aliphatic heterocycles. The van der Waals surface area contributed by atoms with Gasteiger partial charge in [-0.3, -0.25) is 4.79 Å². The third-order valence-electron chi connectivity index (χ3n) is 2.79. The maximum Gasteiger partial charge on any atom is 0.405 e. The van der Waals surface area contributed by atoms with E-state index >= 15 is 0 Å². The number of aromatic nitrogens is 2. The van der Waals surface area contributed by atoms with Crippen LogP contribution in [0.3, 0.4) is 0 Å². The zero-order chi connectivity index (χ0) is 14.8. The molecule has 5 nitrogen and oxygen atoms in total. The van der Waals surface area contributed by atoms with Gasteiger partial charge in [-0.1, -0.05) is 23.1 Å². The van der Waals surface area contributed by atoms with Gasteiger partial charge in [0.05, 0.1) is 12.5 Å². The molecule has 1 heterocycles. The Balaban J connectivity index is 1.83. The average Bonchev–Trinajstić information content (AvgIpc) is 3.04. The smallest absolute Gasteiger partial charge is 0.405 e. The van der Waals surface area contributed by atoms with Crippen molar-refractivity contribution in [3.05, 3.63) is 0 Å². The second-order valence-electron chi connectivity index (χ2n) is 4.40. The number of hydrogen-bond donors (Lipinski definition) is 1. The van der Waals surface area contributed by atoms with Gasteiger partial charge in [0.15, 0.2) is 4.34 Å². The van der Waals surface area contributed by atoms with Gasteiger partial charge >= 0.3 is 12.1 Å². The number of nitrogens with one attached hydrogen (secondary N) is 1. The number of methoxy groups -OCH3 is 1. The monoisotopic (exact) mass is 327 g/mol. The Morgan fingerprint density at radius 1 is 1.50 bits per heavy atom. The number of ether oxygens (including phenoxy) is 1. The highest BCUT2D eigenvalue weighted by Gasteiger charge is 2.51. The molecule has 0 bridgehead atoms. The molecule has 0 radical (unpaired) electrons. The molecule has 0 atom stereocenters. The summed E-state index contributed by atoms with van der Waals surface area (Å²) in [6, 6.07) is 0. The minimum absolute atomic E-state index is 0.118. The number of carbonyl (C=O) groups excluding carboxylic acids is 1. The first-order valence-electron chi connectivity index (χ1n) is 5.70. The first kappa shape index (κ1) is 15.4. The molecule has 1 fully saturated rings. The number of thioether (sulfide) groups is 1. The van der Waals surface area contributed by atoms with Crippen LogP contribution in [0.4, 0.5) is 18.3 Å². The quantitative estimate of drug-likeness (QED) is 0.640. The van der Waals surface area contributed by atoms with Crippen LogP contribution in [0.15, 0.2) is 4.34 Å². The zero-order valence-electron chi connectivity index (χ0n) is 10.5. The molecule has 112 valence electrons. The van der Waals surface area contributed by atoms with Gasteiger partial charge in [0.25, 0.3) is 0 Å². The second-order valence-corrected chi connectivity index (χ2v) is 6.60. The maximum atomic E-state index is 12.0. The number of nitrogens with zero attached hydrogens (tertiary/aromatic N) is 2. The zero-order valence-corrected chi connectivity index (χ0v) is 12.1. The van der Waals surface area contributed by atoms with E-state index in [4.69, 9.17) is 4.74 Å². The molecule has 0 spiro atoms. The maximum absolute atomic E-state index is 12.0. The van der Waals surface area contributed by atoms with Crippen LogP contribution in [0.5, 0.6) is 0 Å². The largest absolute Gasteiger partial charge is 0.469 e. The first-order chi connectivity index (χ1) is 9.35. The van der Waals surface area contributed by atoms with Crippen LogP contribution >= 0.6 is 23.1 Å². The van der Waals surface area contributed by atoms with Gasteiger partial charge in [0.1, 0.15) is 6.54 Å². The molecule has 1 aromatic rings.